The lowest BCUT2D eigenvalue weighted by Gasteiger charge is -2.24. The number of anilines is 2. The summed E-state index contributed by atoms with van der Waals surface area (Å²) in [7, 11) is -3.65. The molecule has 1 amide bonds. The van der Waals surface area contributed by atoms with Crippen LogP contribution in [0.25, 0.3) is 10.6 Å². The predicted molar refractivity (Wildman–Crippen MR) is 117 cm³/mol. The minimum Gasteiger partial charge on any atom is -0.299 e. The van der Waals surface area contributed by atoms with Crippen LogP contribution in [0.1, 0.15) is 16.7 Å². The van der Waals surface area contributed by atoms with Crippen LogP contribution in [0.2, 0.25) is 0 Å². The number of rotatable bonds is 6. The largest absolute Gasteiger partial charge is 0.299 e. The van der Waals surface area contributed by atoms with E-state index in [0.717, 1.165) is 32.8 Å². The number of benzene rings is 2. The summed E-state index contributed by atoms with van der Waals surface area (Å²) in [6.45, 7) is 5.38. The molecule has 0 aliphatic carbocycles. The number of amides is 1. The third-order valence-corrected chi connectivity index (χ3v) is 6.52. The zero-order chi connectivity index (χ0) is 21.2. The minimum atomic E-state index is -3.65. The van der Waals surface area contributed by atoms with Crippen LogP contribution in [-0.4, -0.2) is 37.3 Å². The highest BCUT2D eigenvalue weighted by molar-refractivity contribution is 7.92. The molecule has 0 spiro atoms. The first-order valence-electron chi connectivity index (χ1n) is 8.89. The van der Waals surface area contributed by atoms with Crippen molar-refractivity contribution < 1.29 is 13.2 Å². The average Bonchev–Trinajstić information content (AvgIpc) is 3.10. The van der Waals surface area contributed by atoms with Crippen LogP contribution in [0, 0.1) is 20.8 Å². The van der Waals surface area contributed by atoms with Crippen molar-refractivity contribution in [1.29, 1.82) is 0 Å². The van der Waals surface area contributed by atoms with Crippen LogP contribution in [0.4, 0.5) is 10.8 Å². The van der Waals surface area contributed by atoms with E-state index in [1.54, 1.807) is 12.1 Å². The van der Waals surface area contributed by atoms with E-state index < -0.39 is 15.9 Å². The second-order valence-electron chi connectivity index (χ2n) is 6.82. The van der Waals surface area contributed by atoms with Gasteiger partial charge in [0.15, 0.2) is 0 Å². The van der Waals surface area contributed by atoms with Gasteiger partial charge in [0.1, 0.15) is 11.6 Å². The molecule has 1 aromatic heterocycles. The number of carbonyl (C=O) groups is 1. The van der Waals surface area contributed by atoms with E-state index in [1.807, 2.05) is 51.1 Å². The molecular weight excluding hydrogens is 408 g/mol. The molecule has 2 aromatic carbocycles. The van der Waals surface area contributed by atoms with Crippen molar-refractivity contribution in [2.75, 3.05) is 22.4 Å². The smallest absolute Gasteiger partial charge is 0.246 e. The average molecular weight is 431 g/mol. The van der Waals surface area contributed by atoms with Crippen molar-refractivity contribution in [3.63, 3.8) is 0 Å². The first-order valence-corrected chi connectivity index (χ1v) is 11.6. The highest BCUT2D eigenvalue weighted by Crippen LogP contribution is 2.27. The monoisotopic (exact) mass is 430 g/mol. The molecule has 0 bridgehead atoms. The molecule has 0 saturated heterocycles. The number of nitrogens with zero attached hydrogens (tertiary/aromatic N) is 3. The Hall–Kier alpha value is -2.78. The second-order valence-corrected chi connectivity index (χ2v) is 9.70. The van der Waals surface area contributed by atoms with Crippen molar-refractivity contribution in [2.24, 2.45) is 0 Å². The summed E-state index contributed by atoms with van der Waals surface area (Å²) in [6.07, 6.45) is 1.09. The quantitative estimate of drug-likeness (QED) is 0.646. The molecule has 7 nitrogen and oxygen atoms in total. The minimum absolute atomic E-state index is 0.319. The molecule has 0 fully saturated rings. The summed E-state index contributed by atoms with van der Waals surface area (Å²) in [5, 5.41) is 11.7. The molecule has 1 N–H and O–H groups in total. The van der Waals surface area contributed by atoms with Crippen molar-refractivity contribution in [3.8, 4) is 10.6 Å². The summed E-state index contributed by atoms with van der Waals surface area (Å²) >= 11 is 1.23. The van der Waals surface area contributed by atoms with Crippen molar-refractivity contribution >= 4 is 38.1 Å². The third-order valence-electron chi connectivity index (χ3n) is 4.50. The number of hydrogen-bond donors (Lipinski definition) is 1. The van der Waals surface area contributed by atoms with Crippen molar-refractivity contribution in [1.82, 2.24) is 10.2 Å². The Balaban J connectivity index is 1.78. The molecule has 0 aliphatic rings. The van der Waals surface area contributed by atoms with Gasteiger partial charge in [-0.25, -0.2) is 8.42 Å². The lowest BCUT2D eigenvalue weighted by atomic mass is 10.1. The fourth-order valence-electron chi connectivity index (χ4n) is 2.76. The van der Waals surface area contributed by atoms with E-state index in [-0.39, 0.29) is 6.54 Å². The van der Waals surface area contributed by atoms with E-state index in [0.29, 0.717) is 15.8 Å². The molecule has 0 aliphatic heterocycles. The molecule has 0 radical (unpaired) electrons. The van der Waals surface area contributed by atoms with Gasteiger partial charge in [-0.1, -0.05) is 53.3 Å². The molecule has 152 valence electrons. The van der Waals surface area contributed by atoms with Gasteiger partial charge in [-0.15, -0.1) is 10.2 Å². The predicted octanol–water partition coefficient (Wildman–Crippen LogP) is 3.54. The van der Waals surface area contributed by atoms with Gasteiger partial charge in [-0.2, -0.15) is 0 Å². The highest BCUT2D eigenvalue weighted by atomic mass is 32.2. The maximum Gasteiger partial charge on any atom is 0.246 e. The zero-order valence-electron chi connectivity index (χ0n) is 16.6. The standard InChI is InChI=1S/C20H22N4O3S2/c1-13-8-10-16(11-9-13)19-22-23-20(28-19)21-18(25)12-24(29(4,26)27)17-7-5-6-14(2)15(17)3/h5-11H,12H2,1-4H3,(H,21,23,25). The Bertz CT molecular complexity index is 1140. The van der Waals surface area contributed by atoms with Gasteiger partial charge in [-0.3, -0.25) is 14.4 Å². The summed E-state index contributed by atoms with van der Waals surface area (Å²) in [4.78, 5) is 12.6. The second kappa shape index (κ2) is 8.30. The number of carbonyl (C=O) groups excluding carboxylic acids is 1. The Morgan fingerprint density at radius 2 is 1.76 bits per heavy atom. The van der Waals surface area contributed by atoms with Crippen molar-refractivity contribution in [3.05, 3.63) is 59.2 Å². The number of nitrogens with one attached hydrogen (secondary N) is 1. The lowest BCUT2D eigenvalue weighted by Crippen LogP contribution is -2.38. The summed E-state index contributed by atoms with van der Waals surface area (Å²) < 4.78 is 25.7. The number of hydrogen-bond acceptors (Lipinski definition) is 6. The van der Waals surface area contributed by atoms with Gasteiger partial charge in [-0.05, 0) is 38.0 Å². The molecule has 3 aromatic rings. The maximum atomic E-state index is 12.6. The molecule has 1 heterocycles. The number of sulfonamides is 1. The van der Waals surface area contributed by atoms with Gasteiger partial charge in [0, 0.05) is 5.56 Å². The first kappa shape index (κ1) is 20.9. The molecule has 29 heavy (non-hydrogen) atoms. The molecule has 0 unspecified atom stereocenters. The van der Waals surface area contributed by atoms with Crippen LogP contribution < -0.4 is 9.62 Å². The van der Waals surface area contributed by atoms with E-state index >= 15 is 0 Å². The molecule has 3 rings (SSSR count). The van der Waals surface area contributed by atoms with E-state index in [4.69, 9.17) is 0 Å². The van der Waals surface area contributed by atoms with Gasteiger partial charge in [0.05, 0.1) is 11.9 Å². The fraction of sp³-hybridized carbons (Fsp3) is 0.250. The third kappa shape index (κ3) is 4.99. The van der Waals surface area contributed by atoms with E-state index in [1.165, 1.54) is 11.3 Å². The van der Waals surface area contributed by atoms with Gasteiger partial charge in [0.2, 0.25) is 21.1 Å². The van der Waals surface area contributed by atoms with Crippen LogP contribution in [-0.2, 0) is 14.8 Å². The lowest BCUT2D eigenvalue weighted by molar-refractivity contribution is -0.114. The van der Waals surface area contributed by atoms with Crippen LogP contribution in [0.15, 0.2) is 42.5 Å². The summed E-state index contributed by atoms with van der Waals surface area (Å²) in [5.74, 6) is -0.483. The van der Waals surface area contributed by atoms with Crippen LogP contribution >= 0.6 is 11.3 Å². The van der Waals surface area contributed by atoms with Gasteiger partial charge in [0.25, 0.3) is 0 Å². The van der Waals surface area contributed by atoms with Gasteiger partial charge < -0.3 is 0 Å². The van der Waals surface area contributed by atoms with Crippen LogP contribution in [0.3, 0.4) is 0 Å². The van der Waals surface area contributed by atoms with Crippen LogP contribution in [0.5, 0.6) is 0 Å². The van der Waals surface area contributed by atoms with Gasteiger partial charge >= 0.3 is 0 Å². The molecule has 0 saturated carbocycles. The maximum absolute atomic E-state index is 12.6. The van der Waals surface area contributed by atoms with Crippen molar-refractivity contribution in [2.45, 2.75) is 20.8 Å². The zero-order valence-corrected chi connectivity index (χ0v) is 18.3. The Morgan fingerprint density at radius 3 is 2.41 bits per heavy atom. The Morgan fingerprint density at radius 1 is 1.07 bits per heavy atom. The van der Waals surface area contributed by atoms with E-state index in [2.05, 4.69) is 15.5 Å². The SMILES string of the molecule is Cc1ccc(-c2nnc(NC(=O)CN(c3cccc(C)c3C)S(C)(=O)=O)s2)cc1. The normalized spacial score (nSPS) is 11.3. The fourth-order valence-corrected chi connectivity index (χ4v) is 4.43. The summed E-state index contributed by atoms with van der Waals surface area (Å²) in [6, 6.07) is 13.2. The highest BCUT2D eigenvalue weighted by Gasteiger charge is 2.23. The molecule has 0 atom stereocenters. The summed E-state index contributed by atoms with van der Waals surface area (Å²) in [5.41, 5.74) is 4.29. The Kier molecular flexibility index (Phi) is 5.99. The molecular formula is C20H22N4O3S2. The van der Waals surface area contributed by atoms with E-state index in [9.17, 15) is 13.2 Å². The number of aromatic nitrogens is 2. The topological polar surface area (TPSA) is 92.3 Å². The first-order chi connectivity index (χ1) is 13.6. The Labute approximate surface area is 174 Å². The molecule has 9 heteroatoms. The number of aryl methyl sites for hydroxylation is 2.